The van der Waals surface area contributed by atoms with Crippen molar-refractivity contribution in [1.29, 1.82) is 0 Å². The van der Waals surface area contributed by atoms with E-state index in [2.05, 4.69) is 5.32 Å². The lowest BCUT2D eigenvalue weighted by Gasteiger charge is -2.22. The second-order valence-corrected chi connectivity index (χ2v) is 7.81. The molecule has 1 saturated heterocycles. The summed E-state index contributed by atoms with van der Waals surface area (Å²) in [7, 11) is 0.722. The molecule has 8 nitrogen and oxygen atoms in total. The molecule has 0 radical (unpaired) electrons. The number of sulfonamides is 1. The predicted molar refractivity (Wildman–Crippen MR) is 94.1 cm³/mol. The molecule has 1 N–H and O–H groups in total. The largest absolute Gasteiger partial charge is 0.493 e. The standard InChI is InChI=1S/C16H24N2O6S/c1-18(25(4,20)21)13-9-15(23-3)14(22-2)8-12(13)16(19)17-10-11-6-5-7-24-11/h8-9,11H,5-7,10H2,1-4H3,(H,17,19). The summed E-state index contributed by atoms with van der Waals surface area (Å²) in [5, 5.41) is 2.79. The smallest absolute Gasteiger partial charge is 0.253 e. The average molecular weight is 372 g/mol. The van der Waals surface area contributed by atoms with Gasteiger partial charge in [-0.3, -0.25) is 9.10 Å². The molecule has 0 aliphatic carbocycles. The summed E-state index contributed by atoms with van der Waals surface area (Å²) >= 11 is 0. The molecule has 1 heterocycles. The second-order valence-electron chi connectivity index (χ2n) is 5.80. The van der Waals surface area contributed by atoms with Crippen LogP contribution in [0, 0.1) is 0 Å². The SMILES string of the molecule is COc1cc(C(=O)NCC2CCCO2)c(N(C)S(C)(=O)=O)cc1OC. The third kappa shape index (κ3) is 4.55. The van der Waals surface area contributed by atoms with Crippen LogP contribution >= 0.6 is 0 Å². The molecule has 9 heteroatoms. The summed E-state index contributed by atoms with van der Waals surface area (Å²) in [5.41, 5.74) is 0.397. The topological polar surface area (TPSA) is 94.2 Å². The van der Waals surface area contributed by atoms with E-state index in [1.165, 1.54) is 33.4 Å². The first-order valence-electron chi connectivity index (χ1n) is 7.87. The van der Waals surface area contributed by atoms with Crippen molar-refractivity contribution >= 4 is 21.6 Å². The highest BCUT2D eigenvalue weighted by Crippen LogP contribution is 2.35. The average Bonchev–Trinajstić information content (AvgIpc) is 3.10. The van der Waals surface area contributed by atoms with Crippen LogP contribution in [0.2, 0.25) is 0 Å². The molecule has 2 rings (SSSR count). The fourth-order valence-electron chi connectivity index (χ4n) is 2.60. The molecule has 1 aromatic carbocycles. The summed E-state index contributed by atoms with van der Waals surface area (Å²) in [6.07, 6.45) is 2.92. The van der Waals surface area contributed by atoms with Gasteiger partial charge in [0.1, 0.15) is 0 Å². The Balaban J connectivity index is 2.36. The number of nitrogens with zero attached hydrogens (tertiary/aromatic N) is 1. The van der Waals surface area contributed by atoms with Gasteiger partial charge in [0, 0.05) is 26.3 Å². The fraction of sp³-hybridized carbons (Fsp3) is 0.562. The molecular weight excluding hydrogens is 348 g/mol. The second kappa shape index (κ2) is 7.92. The van der Waals surface area contributed by atoms with E-state index in [0.29, 0.717) is 24.7 Å². The van der Waals surface area contributed by atoms with Crippen LogP contribution in [0.1, 0.15) is 23.2 Å². The lowest BCUT2D eigenvalue weighted by molar-refractivity contribution is 0.0858. The van der Waals surface area contributed by atoms with Crippen LogP contribution in [-0.2, 0) is 14.8 Å². The molecule has 1 fully saturated rings. The van der Waals surface area contributed by atoms with Crippen LogP contribution in [-0.4, -0.2) is 61.1 Å². The first kappa shape index (κ1) is 19.3. The monoisotopic (exact) mass is 372 g/mol. The number of nitrogens with one attached hydrogen (secondary N) is 1. The van der Waals surface area contributed by atoms with E-state index in [0.717, 1.165) is 23.4 Å². The summed E-state index contributed by atoms with van der Waals surface area (Å²) < 4.78 is 40.8. The molecule has 1 aromatic rings. The molecule has 0 bridgehead atoms. The molecule has 1 amide bonds. The number of benzene rings is 1. The zero-order valence-electron chi connectivity index (χ0n) is 14.9. The highest BCUT2D eigenvalue weighted by Gasteiger charge is 2.24. The van der Waals surface area contributed by atoms with Gasteiger partial charge in [0.05, 0.1) is 37.8 Å². The van der Waals surface area contributed by atoms with Crippen molar-refractivity contribution in [3.05, 3.63) is 17.7 Å². The number of anilines is 1. The molecule has 25 heavy (non-hydrogen) atoms. The highest BCUT2D eigenvalue weighted by atomic mass is 32.2. The number of carbonyl (C=O) groups excluding carboxylic acids is 1. The maximum Gasteiger partial charge on any atom is 0.253 e. The highest BCUT2D eigenvalue weighted by molar-refractivity contribution is 7.92. The van der Waals surface area contributed by atoms with Gasteiger partial charge in [0.25, 0.3) is 5.91 Å². The Morgan fingerprint density at radius 1 is 1.32 bits per heavy atom. The zero-order chi connectivity index (χ0) is 18.6. The van der Waals surface area contributed by atoms with Crippen LogP contribution in [0.25, 0.3) is 0 Å². The van der Waals surface area contributed by atoms with E-state index in [4.69, 9.17) is 14.2 Å². The first-order chi connectivity index (χ1) is 11.8. The van der Waals surface area contributed by atoms with Gasteiger partial charge in [-0.1, -0.05) is 0 Å². The molecular formula is C16H24N2O6S. The molecule has 1 aliphatic heterocycles. The number of amides is 1. The third-order valence-electron chi connectivity index (χ3n) is 4.10. The molecule has 0 aromatic heterocycles. The maximum atomic E-state index is 12.6. The minimum absolute atomic E-state index is 0.0137. The molecule has 1 aliphatic rings. The van der Waals surface area contributed by atoms with Gasteiger partial charge >= 0.3 is 0 Å². The van der Waals surface area contributed by atoms with Crippen molar-refractivity contribution in [2.45, 2.75) is 18.9 Å². The Kier molecular flexibility index (Phi) is 6.12. The quantitative estimate of drug-likeness (QED) is 0.768. The predicted octanol–water partition coefficient (Wildman–Crippen LogP) is 1.01. The van der Waals surface area contributed by atoms with Crippen LogP contribution in [0.4, 0.5) is 5.69 Å². The normalized spacial score (nSPS) is 17.2. The molecule has 0 saturated carbocycles. The Hall–Kier alpha value is -2.00. The third-order valence-corrected chi connectivity index (χ3v) is 5.29. The fourth-order valence-corrected chi connectivity index (χ4v) is 3.10. The lowest BCUT2D eigenvalue weighted by Crippen LogP contribution is -2.34. The van der Waals surface area contributed by atoms with Gasteiger partial charge in [-0.25, -0.2) is 8.42 Å². The number of hydrogen-bond donors (Lipinski definition) is 1. The summed E-state index contributed by atoms with van der Waals surface area (Å²) in [4.78, 5) is 12.6. The maximum absolute atomic E-state index is 12.6. The van der Waals surface area contributed by atoms with Crippen molar-refractivity contribution in [3.8, 4) is 11.5 Å². The number of carbonyl (C=O) groups is 1. The van der Waals surface area contributed by atoms with E-state index >= 15 is 0 Å². The number of methoxy groups -OCH3 is 2. The Morgan fingerprint density at radius 2 is 1.96 bits per heavy atom. The van der Waals surface area contributed by atoms with Crippen molar-refractivity contribution in [3.63, 3.8) is 0 Å². The van der Waals surface area contributed by atoms with Crippen LogP contribution in [0.3, 0.4) is 0 Å². The van der Waals surface area contributed by atoms with Gasteiger partial charge in [0.15, 0.2) is 11.5 Å². The summed E-state index contributed by atoms with van der Waals surface area (Å²) in [6.45, 7) is 1.06. The first-order valence-corrected chi connectivity index (χ1v) is 9.72. The van der Waals surface area contributed by atoms with E-state index in [-0.39, 0.29) is 17.4 Å². The lowest BCUT2D eigenvalue weighted by atomic mass is 10.1. The molecule has 0 spiro atoms. The minimum atomic E-state index is -3.55. The van der Waals surface area contributed by atoms with Crippen molar-refractivity contribution in [1.82, 2.24) is 5.32 Å². The molecule has 1 atom stereocenters. The van der Waals surface area contributed by atoms with Crippen LogP contribution in [0.15, 0.2) is 12.1 Å². The Morgan fingerprint density at radius 3 is 2.48 bits per heavy atom. The van der Waals surface area contributed by atoms with Crippen LogP contribution < -0.4 is 19.1 Å². The van der Waals surface area contributed by atoms with Gasteiger partial charge < -0.3 is 19.5 Å². The number of hydrogen-bond acceptors (Lipinski definition) is 6. The Bertz CT molecular complexity index is 728. The van der Waals surface area contributed by atoms with E-state index in [1.807, 2.05) is 0 Å². The van der Waals surface area contributed by atoms with E-state index in [1.54, 1.807) is 0 Å². The van der Waals surface area contributed by atoms with Gasteiger partial charge in [0.2, 0.25) is 10.0 Å². The number of ether oxygens (including phenoxy) is 3. The minimum Gasteiger partial charge on any atom is -0.493 e. The Labute approximate surface area is 148 Å². The molecule has 140 valence electrons. The van der Waals surface area contributed by atoms with Gasteiger partial charge in [-0.05, 0) is 18.9 Å². The zero-order valence-corrected chi connectivity index (χ0v) is 15.7. The summed E-state index contributed by atoms with van der Waals surface area (Å²) in [6, 6.07) is 2.95. The van der Waals surface area contributed by atoms with E-state index in [9.17, 15) is 13.2 Å². The number of rotatable bonds is 7. The van der Waals surface area contributed by atoms with E-state index < -0.39 is 15.9 Å². The van der Waals surface area contributed by atoms with Crippen molar-refractivity contribution < 1.29 is 27.4 Å². The summed E-state index contributed by atoms with van der Waals surface area (Å²) in [5.74, 6) is 0.279. The van der Waals surface area contributed by atoms with Crippen molar-refractivity contribution in [2.24, 2.45) is 0 Å². The van der Waals surface area contributed by atoms with Crippen molar-refractivity contribution in [2.75, 3.05) is 45.0 Å². The molecule has 1 unspecified atom stereocenters. The van der Waals surface area contributed by atoms with Gasteiger partial charge in [-0.15, -0.1) is 0 Å². The van der Waals surface area contributed by atoms with Crippen LogP contribution in [0.5, 0.6) is 11.5 Å². The van der Waals surface area contributed by atoms with Gasteiger partial charge in [-0.2, -0.15) is 0 Å².